The summed E-state index contributed by atoms with van der Waals surface area (Å²) in [5.74, 6) is 0.831. The largest absolute Gasteiger partial charge is 0.348 e. The third-order valence-electron chi connectivity index (χ3n) is 4.66. The highest BCUT2D eigenvalue weighted by Crippen LogP contribution is 2.31. The summed E-state index contributed by atoms with van der Waals surface area (Å²) in [6.45, 7) is 0. The Balaban J connectivity index is 2.05. The first kappa shape index (κ1) is 16.7. The van der Waals surface area contributed by atoms with E-state index in [0.717, 1.165) is 33.8 Å². The van der Waals surface area contributed by atoms with E-state index in [4.69, 9.17) is 16.6 Å². The average molecular weight is 367 g/mol. The number of aromatic nitrogens is 3. The molecule has 0 saturated heterocycles. The highest BCUT2D eigenvalue weighted by molar-refractivity contribution is 6.31. The molecule has 0 unspecified atom stereocenters. The van der Waals surface area contributed by atoms with Crippen LogP contribution in [0.1, 0.15) is 5.69 Å². The van der Waals surface area contributed by atoms with Crippen LogP contribution in [0, 0.1) is 0 Å². The van der Waals surface area contributed by atoms with E-state index in [1.807, 2.05) is 60.1 Å². The molecular weight excluding hydrogens is 348 g/mol. The summed E-state index contributed by atoms with van der Waals surface area (Å²) in [6, 6.07) is 15.7. The molecule has 2 heterocycles. The number of rotatable bonds is 3. The number of imidazole rings is 2. The molecule has 2 aromatic heterocycles. The molecule has 6 heteroatoms. The first-order valence-corrected chi connectivity index (χ1v) is 8.76. The molecule has 0 aliphatic heterocycles. The maximum atomic E-state index is 12.5. The molecule has 26 heavy (non-hydrogen) atoms. The number of likely N-dealkylation sites (N-methyl/N-ethyl adjacent to an activating group) is 1. The smallest absolute Gasteiger partial charge is 0.228 e. The van der Waals surface area contributed by atoms with Gasteiger partial charge in [0.05, 0.1) is 28.8 Å². The molecule has 4 aromatic rings. The van der Waals surface area contributed by atoms with E-state index < -0.39 is 0 Å². The summed E-state index contributed by atoms with van der Waals surface area (Å²) in [5.41, 5.74) is 4.70. The minimum Gasteiger partial charge on any atom is -0.348 e. The van der Waals surface area contributed by atoms with Gasteiger partial charge in [-0.1, -0.05) is 41.9 Å². The number of amides is 1. The fraction of sp³-hybridized carbons (Fsp3) is 0.200. The van der Waals surface area contributed by atoms with Crippen molar-refractivity contribution < 1.29 is 4.79 Å². The average Bonchev–Trinajstić information content (AvgIpc) is 3.12. The number of hydrogen-bond acceptors (Lipinski definition) is 2. The molecule has 0 fully saturated rings. The molecule has 0 spiro atoms. The van der Waals surface area contributed by atoms with Crippen molar-refractivity contribution in [2.45, 2.75) is 6.42 Å². The van der Waals surface area contributed by atoms with Crippen molar-refractivity contribution >= 4 is 34.3 Å². The molecule has 132 valence electrons. The van der Waals surface area contributed by atoms with Crippen LogP contribution in [0.3, 0.4) is 0 Å². The predicted molar refractivity (Wildman–Crippen MR) is 105 cm³/mol. The first-order chi connectivity index (χ1) is 12.5. The van der Waals surface area contributed by atoms with Gasteiger partial charge in [-0.3, -0.25) is 9.20 Å². The van der Waals surface area contributed by atoms with Crippen LogP contribution in [0.15, 0.2) is 48.5 Å². The molecule has 1 amide bonds. The van der Waals surface area contributed by atoms with E-state index in [9.17, 15) is 4.79 Å². The number of carbonyl (C=O) groups excluding carboxylic acids is 1. The van der Waals surface area contributed by atoms with Crippen molar-refractivity contribution in [1.82, 2.24) is 18.9 Å². The van der Waals surface area contributed by atoms with Crippen LogP contribution >= 0.6 is 11.6 Å². The van der Waals surface area contributed by atoms with Crippen LogP contribution < -0.4 is 0 Å². The van der Waals surface area contributed by atoms with Gasteiger partial charge in [-0.05, 0) is 18.2 Å². The van der Waals surface area contributed by atoms with Crippen molar-refractivity contribution in [3.8, 4) is 11.3 Å². The molecule has 5 nitrogen and oxygen atoms in total. The van der Waals surface area contributed by atoms with Crippen LogP contribution in [0.5, 0.6) is 0 Å². The van der Waals surface area contributed by atoms with E-state index in [2.05, 4.69) is 4.40 Å². The number of carbonyl (C=O) groups is 1. The second kappa shape index (κ2) is 6.18. The molecule has 0 saturated carbocycles. The Morgan fingerprint density at radius 2 is 1.85 bits per heavy atom. The van der Waals surface area contributed by atoms with Gasteiger partial charge in [0.1, 0.15) is 0 Å². The summed E-state index contributed by atoms with van der Waals surface area (Å²) >= 11 is 6.17. The van der Waals surface area contributed by atoms with Crippen LogP contribution in [0.2, 0.25) is 5.02 Å². The van der Waals surface area contributed by atoms with Gasteiger partial charge in [-0.25, -0.2) is 4.98 Å². The lowest BCUT2D eigenvalue weighted by Crippen LogP contribution is -2.24. The van der Waals surface area contributed by atoms with Crippen molar-refractivity contribution in [3.05, 3.63) is 59.2 Å². The van der Waals surface area contributed by atoms with Crippen molar-refractivity contribution in [1.29, 1.82) is 0 Å². The number of benzene rings is 2. The maximum Gasteiger partial charge on any atom is 0.228 e. The summed E-state index contributed by atoms with van der Waals surface area (Å²) in [7, 11) is 5.50. The summed E-state index contributed by atoms with van der Waals surface area (Å²) < 4.78 is 4.08. The Kier molecular flexibility index (Phi) is 3.96. The lowest BCUT2D eigenvalue weighted by atomic mass is 10.1. The topological polar surface area (TPSA) is 42.5 Å². The Morgan fingerprint density at radius 1 is 1.12 bits per heavy atom. The van der Waals surface area contributed by atoms with Gasteiger partial charge >= 0.3 is 0 Å². The molecular formula is C20H19ClN4O. The fourth-order valence-corrected chi connectivity index (χ4v) is 3.44. The van der Waals surface area contributed by atoms with Gasteiger partial charge in [0, 0.05) is 31.7 Å². The summed E-state index contributed by atoms with van der Waals surface area (Å²) in [5, 5.41) is 0.676. The molecule has 0 bridgehead atoms. The summed E-state index contributed by atoms with van der Waals surface area (Å²) in [6.07, 6.45) is 0.278. The highest BCUT2D eigenvalue weighted by atomic mass is 35.5. The van der Waals surface area contributed by atoms with E-state index in [0.29, 0.717) is 5.02 Å². The lowest BCUT2D eigenvalue weighted by Gasteiger charge is -2.11. The SMILES string of the molecule is CN(C)C(=O)Cc1c(-c2ccccc2)nc2n(C)c3cc(Cl)ccc3n12. The number of halogens is 1. The van der Waals surface area contributed by atoms with Crippen molar-refractivity contribution in [2.24, 2.45) is 7.05 Å². The Hall–Kier alpha value is -2.79. The van der Waals surface area contributed by atoms with Gasteiger partial charge in [-0.2, -0.15) is 0 Å². The van der Waals surface area contributed by atoms with Crippen LogP contribution in [0.4, 0.5) is 0 Å². The molecule has 4 rings (SSSR count). The van der Waals surface area contributed by atoms with E-state index in [1.54, 1.807) is 19.0 Å². The fourth-order valence-electron chi connectivity index (χ4n) is 3.27. The predicted octanol–water partition coefficient (Wildman–Crippen LogP) is 3.78. The number of hydrogen-bond donors (Lipinski definition) is 0. The van der Waals surface area contributed by atoms with Gasteiger partial charge in [0.15, 0.2) is 0 Å². The van der Waals surface area contributed by atoms with Gasteiger partial charge in [-0.15, -0.1) is 0 Å². The third kappa shape index (κ3) is 2.56. The van der Waals surface area contributed by atoms with Crippen molar-refractivity contribution in [2.75, 3.05) is 14.1 Å². The Bertz CT molecular complexity index is 1130. The Labute approximate surface area is 156 Å². The minimum absolute atomic E-state index is 0.0370. The second-order valence-corrected chi connectivity index (χ2v) is 7.00. The first-order valence-electron chi connectivity index (χ1n) is 8.38. The van der Waals surface area contributed by atoms with E-state index in [-0.39, 0.29) is 12.3 Å². The van der Waals surface area contributed by atoms with Crippen LogP contribution in [-0.2, 0) is 18.3 Å². The zero-order valence-corrected chi connectivity index (χ0v) is 15.7. The number of fused-ring (bicyclic) bond motifs is 3. The van der Waals surface area contributed by atoms with Crippen LogP contribution in [0.25, 0.3) is 28.1 Å². The second-order valence-electron chi connectivity index (χ2n) is 6.57. The standard InChI is InChI=1S/C20H19ClN4O/c1-23(2)18(26)12-17-19(13-7-5-4-6-8-13)22-20-24(3)16-11-14(21)9-10-15(16)25(17)20/h4-11H,12H2,1-3H3. The molecule has 0 aliphatic rings. The zero-order valence-electron chi connectivity index (χ0n) is 14.9. The van der Waals surface area contributed by atoms with Gasteiger partial charge in [0.25, 0.3) is 0 Å². The normalized spacial score (nSPS) is 11.4. The molecule has 0 aliphatic carbocycles. The van der Waals surface area contributed by atoms with Gasteiger partial charge < -0.3 is 9.47 Å². The monoisotopic (exact) mass is 366 g/mol. The Morgan fingerprint density at radius 3 is 2.54 bits per heavy atom. The minimum atomic E-state index is 0.0370. The van der Waals surface area contributed by atoms with Crippen LogP contribution in [-0.4, -0.2) is 38.9 Å². The zero-order chi connectivity index (χ0) is 18.4. The maximum absolute atomic E-state index is 12.5. The molecule has 0 atom stereocenters. The molecule has 0 radical (unpaired) electrons. The van der Waals surface area contributed by atoms with E-state index >= 15 is 0 Å². The number of nitrogens with zero attached hydrogens (tertiary/aromatic N) is 4. The summed E-state index contributed by atoms with van der Waals surface area (Å²) in [4.78, 5) is 19.0. The third-order valence-corrected chi connectivity index (χ3v) is 4.89. The quantitative estimate of drug-likeness (QED) is 0.553. The molecule has 2 aromatic carbocycles. The van der Waals surface area contributed by atoms with Crippen molar-refractivity contribution in [3.63, 3.8) is 0 Å². The lowest BCUT2D eigenvalue weighted by molar-refractivity contribution is -0.128. The highest BCUT2D eigenvalue weighted by Gasteiger charge is 2.22. The molecule has 0 N–H and O–H groups in total. The number of aryl methyl sites for hydroxylation is 1. The van der Waals surface area contributed by atoms with E-state index in [1.165, 1.54) is 0 Å². The van der Waals surface area contributed by atoms with Gasteiger partial charge in [0.2, 0.25) is 11.7 Å².